The van der Waals surface area contributed by atoms with Crippen LogP contribution in [-0.2, 0) is 10.0 Å². The van der Waals surface area contributed by atoms with Crippen LogP contribution in [0.5, 0.6) is 0 Å². The molecule has 1 saturated carbocycles. The predicted molar refractivity (Wildman–Crippen MR) is 93.3 cm³/mol. The van der Waals surface area contributed by atoms with E-state index in [0.717, 1.165) is 6.42 Å². The van der Waals surface area contributed by atoms with Crippen molar-refractivity contribution in [2.45, 2.75) is 57.0 Å². The van der Waals surface area contributed by atoms with Crippen LogP contribution < -0.4 is 5.32 Å². The molecule has 6 heteroatoms. The van der Waals surface area contributed by atoms with Crippen molar-refractivity contribution in [3.8, 4) is 0 Å². The molecule has 1 heterocycles. The number of fused-ring (bicyclic) bond motifs is 1. The first kappa shape index (κ1) is 16.5. The van der Waals surface area contributed by atoms with Crippen molar-refractivity contribution in [3.63, 3.8) is 0 Å². The van der Waals surface area contributed by atoms with Crippen molar-refractivity contribution < 1.29 is 8.42 Å². The molecule has 0 bridgehead atoms. The average molecular weight is 335 g/mol. The van der Waals surface area contributed by atoms with Crippen LogP contribution >= 0.6 is 0 Å². The zero-order valence-corrected chi connectivity index (χ0v) is 14.8. The third-order valence-corrected chi connectivity index (χ3v) is 6.39. The highest BCUT2D eigenvalue weighted by molar-refractivity contribution is 7.90. The summed E-state index contributed by atoms with van der Waals surface area (Å²) in [5.74, 6) is 1.11. The van der Waals surface area contributed by atoms with E-state index in [2.05, 4.69) is 35.4 Å². The molecule has 2 unspecified atom stereocenters. The molecule has 0 radical (unpaired) electrons. The predicted octanol–water partition coefficient (Wildman–Crippen LogP) is 3.10. The van der Waals surface area contributed by atoms with Gasteiger partial charge in [0.15, 0.2) is 0 Å². The Balaban J connectivity index is 1.83. The Labute approximate surface area is 138 Å². The highest BCUT2D eigenvalue weighted by atomic mass is 32.2. The van der Waals surface area contributed by atoms with E-state index in [1.165, 1.54) is 12.8 Å². The first-order valence-electron chi connectivity index (χ1n) is 8.38. The fraction of sp³-hybridized carbons (Fsp3) is 0.588. The van der Waals surface area contributed by atoms with Gasteiger partial charge in [-0.3, -0.25) is 4.90 Å². The molecule has 23 heavy (non-hydrogen) atoms. The molecule has 0 amide bonds. The van der Waals surface area contributed by atoms with Crippen molar-refractivity contribution in [2.75, 3.05) is 11.9 Å². The first-order chi connectivity index (χ1) is 10.9. The second-order valence-corrected chi connectivity index (χ2v) is 8.24. The standard InChI is InChI=1S/C17H25N3O2S/c1-4-12(2)13(3)20(14-9-10-14)11-17-18-15-7-5-6-8-16(15)23(21,22)19-17/h5-8,12-14H,4,9-11H2,1-3H3,(H,18,19). The van der Waals surface area contributed by atoms with Gasteiger partial charge in [-0.05, 0) is 37.8 Å². The van der Waals surface area contributed by atoms with Gasteiger partial charge in [0, 0.05) is 12.1 Å². The Hall–Kier alpha value is -1.40. The summed E-state index contributed by atoms with van der Waals surface area (Å²) < 4.78 is 28.7. The number of nitrogens with one attached hydrogen (secondary N) is 1. The van der Waals surface area contributed by atoms with E-state index >= 15 is 0 Å². The maximum Gasteiger partial charge on any atom is 0.286 e. The molecule has 1 N–H and O–H groups in total. The lowest BCUT2D eigenvalue weighted by Crippen LogP contribution is -2.44. The summed E-state index contributed by atoms with van der Waals surface area (Å²) in [5.41, 5.74) is 0.629. The van der Waals surface area contributed by atoms with Crippen LogP contribution in [0.3, 0.4) is 0 Å². The molecule has 0 saturated heterocycles. The number of para-hydroxylation sites is 1. The third kappa shape index (κ3) is 3.43. The van der Waals surface area contributed by atoms with Crippen molar-refractivity contribution in [3.05, 3.63) is 24.3 Å². The zero-order valence-electron chi connectivity index (χ0n) is 14.0. The summed E-state index contributed by atoms with van der Waals surface area (Å²) in [5, 5.41) is 3.21. The molecule has 1 aromatic carbocycles. The Kier molecular flexibility index (Phi) is 4.47. The van der Waals surface area contributed by atoms with Crippen LogP contribution in [-0.4, -0.2) is 37.8 Å². The van der Waals surface area contributed by atoms with E-state index in [1.54, 1.807) is 18.2 Å². The SMILES string of the molecule is CCC(C)C(C)N(CC1=NS(=O)(=O)c2ccccc2N1)C1CC1. The number of nitrogens with zero attached hydrogens (tertiary/aromatic N) is 2. The minimum atomic E-state index is -3.59. The number of sulfonamides is 1. The van der Waals surface area contributed by atoms with E-state index in [1.807, 2.05) is 6.07 Å². The fourth-order valence-corrected chi connectivity index (χ4v) is 4.23. The summed E-state index contributed by atoms with van der Waals surface area (Å²) in [6, 6.07) is 7.92. The molecule has 0 aromatic heterocycles. The van der Waals surface area contributed by atoms with Crippen LogP contribution in [0.4, 0.5) is 5.69 Å². The Morgan fingerprint density at radius 1 is 1.30 bits per heavy atom. The lowest BCUT2D eigenvalue weighted by atomic mass is 9.99. The van der Waals surface area contributed by atoms with E-state index in [0.29, 0.717) is 36.1 Å². The Morgan fingerprint density at radius 2 is 2.00 bits per heavy atom. The molecule has 5 nitrogen and oxygen atoms in total. The second-order valence-electron chi connectivity index (χ2n) is 6.66. The van der Waals surface area contributed by atoms with E-state index < -0.39 is 10.0 Å². The van der Waals surface area contributed by atoms with Gasteiger partial charge < -0.3 is 5.32 Å². The maximum atomic E-state index is 12.4. The largest absolute Gasteiger partial charge is 0.341 e. The van der Waals surface area contributed by atoms with E-state index in [-0.39, 0.29) is 4.90 Å². The van der Waals surface area contributed by atoms with Crippen LogP contribution in [0.15, 0.2) is 33.6 Å². The quantitative estimate of drug-likeness (QED) is 0.868. The van der Waals surface area contributed by atoms with Crippen molar-refractivity contribution in [2.24, 2.45) is 10.3 Å². The molecule has 2 atom stereocenters. The van der Waals surface area contributed by atoms with Gasteiger partial charge >= 0.3 is 0 Å². The molecule has 1 fully saturated rings. The number of hydrogen-bond donors (Lipinski definition) is 1. The minimum Gasteiger partial charge on any atom is -0.341 e. The summed E-state index contributed by atoms with van der Waals surface area (Å²) >= 11 is 0. The van der Waals surface area contributed by atoms with Gasteiger partial charge in [0.2, 0.25) is 0 Å². The van der Waals surface area contributed by atoms with E-state index in [9.17, 15) is 8.42 Å². The van der Waals surface area contributed by atoms with Gasteiger partial charge in [0.05, 0.1) is 12.2 Å². The van der Waals surface area contributed by atoms with Crippen LogP contribution in [0.1, 0.15) is 40.0 Å². The van der Waals surface area contributed by atoms with Crippen LogP contribution in [0, 0.1) is 5.92 Å². The third-order valence-electron chi connectivity index (χ3n) is 5.01. The fourth-order valence-electron chi connectivity index (χ4n) is 3.09. The number of rotatable bonds is 6. The highest BCUT2D eigenvalue weighted by Gasteiger charge is 2.35. The van der Waals surface area contributed by atoms with Gasteiger partial charge in [-0.1, -0.05) is 32.4 Å². The lowest BCUT2D eigenvalue weighted by Gasteiger charge is -2.34. The summed E-state index contributed by atoms with van der Waals surface area (Å²) in [6.07, 6.45) is 3.50. The van der Waals surface area contributed by atoms with Crippen LogP contribution in [0.2, 0.25) is 0 Å². The molecule has 1 aliphatic heterocycles. The van der Waals surface area contributed by atoms with Crippen LogP contribution in [0.25, 0.3) is 0 Å². The van der Waals surface area contributed by atoms with Gasteiger partial charge in [0.25, 0.3) is 10.0 Å². The molecule has 2 aliphatic rings. The molecule has 1 aromatic rings. The van der Waals surface area contributed by atoms with Crippen molar-refractivity contribution in [1.82, 2.24) is 4.90 Å². The molecular weight excluding hydrogens is 310 g/mol. The van der Waals surface area contributed by atoms with E-state index in [4.69, 9.17) is 0 Å². The summed E-state index contributed by atoms with van der Waals surface area (Å²) in [4.78, 5) is 2.67. The number of benzene rings is 1. The molecule has 3 rings (SSSR count). The van der Waals surface area contributed by atoms with Crippen molar-refractivity contribution >= 4 is 21.5 Å². The zero-order chi connectivity index (χ0) is 16.6. The average Bonchev–Trinajstić information content (AvgIpc) is 3.35. The summed E-state index contributed by atoms with van der Waals surface area (Å²) in [6.45, 7) is 7.24. The lowest BCUT2D eigenvalue weighted by molar-refractivity contribution is 0.172. The summed E-state index contributed by atoms with van der Waals surface area (Å²) in [7, 11) is -3.59. The molecule has 1 aliphatic carbocycles. The maximum absolute atomic E-state index is 12.4. The number of hydrogen-bond acceptors (Lipinski definition) is 4. The first-order valence-corrected chi connectivity index (χ1v) is 9.82. The second kappa shape index (κ2) is 6.24. The smallest absolute Gasteiger partial charge is 0.286 e. The minimum absolute atomic E-state index is 0.261. The van der Waals surface area contributed by atoms with Gasteiger partial charge in [-0.2, -0.15) is 8.42 Å². The number of anilines is 1. The molecule has 0 spiro atoms. The molecule has 126 valence electrons. The molecular formula is C17H25N3O2S. The van der Waals surface area contributed by atoms with Gasteiger partial charge in [0.1, 0.15) is 10.7 Å². The Bertz CT molecular complexity index is 710. The number of amidine groups is 1. The monoisotopic (exact) mass is 335 g/mol. The normalized spacial score (nSPS) is 22.0. The topological polar surface area (TPSA) is 61.8 Å². The van der Waals surface area contributed by atoms with Gasteiger partial charge in [-0.15, -0.1) is 4.40 Å². The van der Waals surface area contributed by atoms with Crippen molar-refractivity contribution in [1.29, 1.82) is 0 Å². The highest BCUT2D eigenvalue weighted by Crippen LogP contribution is 2.32. The Morgan fingerprint density at radius 3 is 2.65 bits per heavy atom. The van der Waals surface area contributed by atoms with Gasteiger partial charge in [-0.25, -0.2) is 0 Å².